The van der Waals surface area contributed by atoms with Crippen LogP contribution >= 0.6 is 0 Å². The van der Waals surface area contributed by atoms with Crippen LogP contribution in [0.25, 0.3) is 0 Å². The molecule has 13 heavy (non-hydrogen) atoms. The SMILES string of the molecule is CCN1CC[C@H]2[C@@H](C1)NC(=O)N2C. The fourth-order valence-electron chi connectivity index (χ4n) is 2.31. The number of hydrogen-bond donors (Lipinski definition) is 1. The number of carbonyl (C=O) groups excluding carboxylic acids is 1. The lowest BCUT2D eigenvalue weighted by atomic mass is 10.0. The Morgan fingerprint density at radius 3 is 3.08 bits per heavy atom. The van der Waals surface area contributed by atoms with Gasteiger partial charge in [-0.1, -0.05) is 6.92 Å². The number of piperidine rings is 1. The first-order chi connectivity index (χ1) is 6.22. The molecule has 2 amide bonds. The van der Waals surface area contributed by atoms with Crippen molar-refractivity contribution in [3.63, 3.8) is 0 Å². The Morgan fingerprint density at radius 1 is 1.62 bits per heavy atom. The van der Waals surface area contributed by atoms with Crippen LogP contribution in [-0.4, -0.2) is 54.6 Å². The van der Waals surface area contributed by atoms with E-state index in [0.29, 0.717) is 12.1 Å². The summed E-state index contributed by atoms with van der Waals surface area (Å²) in [7, 11) is 1.89. The molecule has 2 aliphatic heterocycles. The highest BCUT2D eigenvalue weighted by Gasteiger charge is 2.39. The van der Waals surface area contributed by atoms with Crippen molar-refractivity contribution in [2.45, 2.75) is 25.4 Å². The lowest BCUT2D eigenvalue weighted by molar-refractivity contribution is 0.158. The topological polar surface area (TPSA) is 35.6 Å². The third kappa shape index (κ3) is 1.39. The van der Waals surface area contributed by atoms with Gasteiger partial charge in [-0.2, -0.15) is 0 Å². The summed E-state index contributed by atoms with van der Waals surface area (Å²) in [5.41, 5.74) is 0. The predicted molar refractivity (Wildman–Crippen MR) is 50.6 cm³/mol. The first-order valence-electron chi connectivity index (χ1n) is 4.98. The van der Waals surface area contributed by atoms with Crippen LogP contribution in [0.4, 0.5) is 4.79 Å². The molecule has 0 aromatic rings. The van der Waals surface area contributed by atoms with Gasteiger partial charge in [0.1, 0.15) is 0 Å². The fraction of sp³-hybridized carbons (Fsp3) is 0.889. The van der Waals surface area contributed by atoms with E-state index in [-0.39, 0.29) is 6.03 Å². The third-order valence-electron chi connectivity index (χ3n) is 3.23. The summed E-state index contributed by atoms with van der Waals surface area (Å²) in [6.45, 7) is 5.39. The minimum atomic E-state index is 0.0907. The second-order valence-electron chi connectivity index (χ2n) is 3.92. The molecule has 4 nitrogen and oxygen atoms in total. The van der Waals surface area contributed by atoms with Crippen LogP contribution in [0.2, 0.25) is 0 Å². The number of likely N-dealkylation sites (tertiary alicyclic amines) is 1. The zero-order chi connectivity index (χ0) is 9.42. The largest absolute Gasteiger partial charge is 0.332 e. The summed E-state index contributed by atoms with van der Waals surface area (Å²) < 4.78 is 0. The molecule has 0 aliphatic carbocycles. The standard InChI is InChI=1S/C9H17N3O/c1-3-12-5-4-8-7(6-12)10-9(13)11(8)2/h7-8H,3-6H2,1-2H3,(H,10,13)/t7-,8+/m1/s1. The molecule has 4 heteroatoms. The zero-order valence-electron chi connectivity index (χ0n) is 8.29. The molecule has 0 radical (unpaired) electrons. The summed E-state index contributed by atoms with van der Waals surface area (Å²) in [4.78, 5) is 15.6. The highest BCUT2D eigenvalue weighted by molar-refractivity contribution is 5.77. The Morgan fingerprint density at radius 2 is 2.38 bits per heavy atom. The molecule has 0 spiro atoms. The Kier molecular flexibility index (Phi) is 2.15. The number of likely N-dealkylation sites (N-methyl/N-ethyl adjacent to an activating group) is 2. The number of amides is 2. The molecule has 2 rings (SSSR count). The van der Waals surface area contributed by atoms with E-state index < -0.39 is 0 Å². The normalized spacial score (nSPS) is 34.6. The lowest BCUT2D eigenvalue weighted by Gasteiger charge is -2.35. The molecule has 2 aliphatic rings. The van der Waals surface area contributed by atoms with Crippen molar-refractivity contribution in [1.82, 2.24) is 15.1 Å². The van der Waals surface area contributed by atoms with E-state index in [1.165, 1.54) is 0 Å². The molecule has 2 fully saturated rings. The Labute approximate surface area is 78.9 Å². The second-order valence-corrected chi connectivity index (χ2v) is 3.92. The maximum absolute atomic E-state index is 11.3. The first kappa shape index (κ1) is 8.81. The third-order valence-corrected chi connectivity index (χ3v) is 3.23. The highest BCUT2D eigenvalue weighted by Crippen LogP contribution is 2.20. The summed E-state index contributed by atoms with van der Waals surface area (Å²) >= 11 is 0. The average Bonchev–Trinajstić information content (AvgIpc) is 2.42. The number of hydrogen-bond acceptors (Lipinski definition) is 2. The van der Waals surface area contributed by atoms with Gasteiger partial charge < -0.3 is 15.1 Å². The summed E-state index contributed by atoms with van der Waals surface area (Å²) in [6, 6.07) is 0.870. The molecule has 2 atom stereocenters. The molecular formula is C9H17N3O. The van der Waals surface area contributed by atoms with E-state index >= 15 is 0 Å². The van der Waals surface area contributed by atoms with Gasteiger partial charge >= 0.3 is 6.03 Å². The molecule has 0 aromatic heterocycles. The number of urea groups is 1. The maximum atomic E-state index is 11.3. The minimum Gasteiger partial charge on any atom is -0.332 e. The number of nitrogens with zero attached hydrogens (tertiary/aromatic N) is 2. The Balaban J connectivity index is 2.03. The number of rotatable bonds is 1. The van der Waals surface area contributed by atoms with E-state index in [2.05, 4.69) is 17.1 Å². The minimum absolute atomic E-state index is 0.0907. The predicted octanol–water partition coefficient (Wildman–Crippen LogP) is 0.104. The average molecular weight is 183 g/mol. The maximum Gasteiger partial charge on any atom is 0.317 e. The van der Waals surface area contributed by atoms with Gasteiger partial charge in [0, 0.05) is 20.1 Å². The summed E-state index contributed by atoms with van der Waals surface area (Å²) in [6.07, 6.45) is 1.10. The molecule has 0 saturated carbocycles. The van der Waals surface area contributed by atoms with E-state index in [1.807, 2.05) is 11.9 Å². The van der Waals surface area contributed by atoms with Gasteiger partial charge in [-0.15, -0.1) is 0 Å². The van der Waals surface area contributed by atoms with E-state index in [4.69, 9.17) is 0 Å². The number of fused-ring (bicyclic) bond motifs is 1. The van der Waals surface area contributed by atoms with Crippen LogP contribution in [0.1, 0.15) is 13.3 Å². The van der Waals surface area contributed by atoms with Crippen molar-refractivity contribution in [2.24, 2.45) is 0 Å². The molecular weight excluding hydrogens is 166 g/mol. The van der Waals surface area contributed by atoms with Gasteiger partial charge in [-0.3, -0.25) is 0 Å². The van der Waals surface area contributed by atoms with Gasteiger partial charge in [-0.05, 0) is 13.0 Å². The van der Waals surface area contributed by atoms with Gasteiger partial charge in [0.2, 0.25) is 0 Å². The molecule has 0 aromatic carbocycles. The van der Waals surface area contributed by atoms with Crippen LogP contribution in [0.3, 0.4) is 0 Å². The van der Waals surface area contributed by atoms with E-state index in [1.54, 1.807) is 0 Å². The van der Waals surface area contributed by atoms with Crippen molar-refractivity contribution in [2.75, 3.05) is 26.7 Å². The van der Waals surface area contributed by atoms with Crippen LogP contribution in [0.5, 0.6) is 0 Å². The van der Waals surface area contributed by atoms with Gasteiger partial charge in [-0.25, -0.2) is 4.79 Å². The van der Waals surface area contributed by atoms with E-state index in [9.17, 15) is 4.79 Å². The molecule has 2 heterocycles. The molecule has 2 saturated heterocycles. The van der Waals surface area contributed by atoms with Crippen LogP contribution in [0.15, 0.2) is 0 Å². The van der Waals surface area contributed by atoms with Crippen molar-refractivity contribution in [3.05, 3.63) is 0 Å². The molecule has 0 unspecified atom stereocenters. The highest BCUT2D eigenvalue weighted by atomic mass is 16.2. The van der Waals surface area contributed by atoms with Gasteiger partial charge in [0.05, 0.1) is 12.1 Å². The van der Waals surface area contributed by atoms with Gasteiger partial charge in [0.15, 0.2) is 0 Å². The Bertz CT molecular complexity index is 219. The summed E-state index contributed by atoms with van der Waals surface area (Å²) in [5.74, 6) is 0. The van der Waals surface area contributed by atoms with Crippen LogP contribution < -0.4 is 5.32 Å². The lowest BCUT2D eigenvalue weighted by Crippen LogP contribution is -2.50. The van der Waals surface area contributed by atoms with Crippen molar-refractivity contribution >= 4 is 6.03 Å². The van der Waals surface area contributed by atoms with Gasteiger partial charge in [0.25, 0.3) is 0 Å². The molecule has 74 valence electrons. The number of carbonyl (C=O) groups is 1. The van der Waals surface area contributed by atoms with Crippen molar-refractivity contribution < 1.29 is 4.79 Å². The smallest absolute Gasteiger partial charge is 0.317 e. The van der Waals surface area contributed by atoms with Crippen molar-refractivity contribution in [3.8, 4) is 0 Å². The monoisotopic (exact) mass is 183 g/mol. The Hall–Kier alpha value is -0.770. The molecule has 1 N–H and O–H groups in total. The van der Waals surface area contributed by atoms with Crippen molar-refractivity contribution in [1.29, 1.82) is 0 Å². The van der Waals surface area contributed by atoms with Crippen LogP contribution in [-0.2, 0) is 0 Å². The summed E-state index contributed by atoms with van der Waals surface area (Å²) in [5, 5.41) is 3.02. The fourth-order valence-corrected chi connectivity index (χ4v) is 2.31. The zero-order valence-corrected chi connectivity index (χ0v) is 8.29. The molecule has 0 bridgehead atoms. The quantitative estimate of drug-likeness (QED) is 0.626. The number of nitrogens with one attached hydrogen (secondary N) is 1. The van der Waals surface area contributed by atoms with Crippen LogP contribution in [0, 0.1) is 0 Å². The van der Waals surface area contributed by atoms with E-state index in [0.717, 1.165) is 26.1 Å². The second kappa shape index (κ2) is 3.18. The first-order valence-corrected chi connectivity index (χ1v) is 4.98.